The minimum absolute atomic E-state index is 0.159. The second kappa shape index (κ2) is 6.55. The molecule has 1 aromatic heterocycles. The summed E-state index contributed by atoms with van der Waals surface area (Å²) in [6, 6.07) is 14.4. The van der Waals surface area contributed by atoms with Crippen LogP contribution in [0.2, 0.25) is 0 Å². The normalized spacial score (nSPS) is 15.5. The number of anilines is 1. The molecule has 2 N–H and O–H groups in total. The Labute approximate surface area is 144 Å². The highest BCUT2D eigenvalue weighted by Crippen LogP contribution is 2.30. The van der Waals surface area contributed by atoms with Gasteiger partial charge in [0.25, 0.3) is 0 Å². The molecule has 128 valence electrons. The summed E-state index contributed by atoms with van der Waals surface area (Å²) in [6.45, 7) is 1.21. The quantitative estimate of drug-likeness (QED) is 0.738. The van der Waals surface area contributed by atoms with Crippen molar-refractivity contribution in [3.05, 3.63) is 59.9 Å². The molecule has 1 aliphatic heterocycles. The summed E-state index contributed by atoms with van der Waals surface area (Å²) in [5.74, 6) is 0.543. The van der Waals surface area contributed by atoms with Crippen LogP contribution in [0.1, 0.15) is 24.3 Å². The molecule has 1 aliphatic rings. The number of carbonyl (C=O) groups excluding carboxylic acids is 1. The molecule has 0 saturated carbocycles. The highest BCUT2D eigenvalue weighted by molar-refractivity contribution is 5.98. The number of piperidine rings is 1. The fourth-order valence-electron chi connectivity index (χ4n) is 3.44. The van der Waals surface area contributed by atoms with E-state index in [2.05, 4.69) is 15.5 Å². The zero-order valence-electron chi connectivity index (χ0n) is 13.7. The van der Waals surface area contributed by atoms with Gasteiger partial charge in [0.05, 0.1) is 5.52 Å². The highest BCUT2D eigenvalue weighted by Gasteiger charge is 2.25. The van der Waals surface area contributed by atoms with E-state index in [4.69, 9.17) is 0 Å². The summed E-state index contributed by atoms with van der Waals surface area (Å²) in [6.07, 6.45) is 1.52. The summed E-state index contributed by atoms with van der Waals surface area (Å²) in [7, 11) is 0. The smallest absolute Gasteiger partial charge is 0.323 e. The fraction of sp³-hybridized carbons (Fsp3) is 0.263. The molecule has 0 atom stereocenters. The van der Waals surface area contributed by atoms with Gasteiger partial charge >= 0.3 is 6.03 Å². The van der Waals surface area contributed by atoms with Gasteiger partial charge in [0.2, 0.25) is 0 Å². The Hall–Kier alpha value is -2.89. The molecule has 3 aromatic rings. The lowest BCUT2D eigenvalue weighted by molar-refractivity contribution is 0.194. The van der Waals surface area contributed by atoms with Gasteiger partial charge in [-0.3, -0.25) is 10.4 Å². The molecule has 5 nitrogen and oxygen atoms in total. The van der Waals surface area contributed by atoms with Crippen LogP contribution in [0.25, 0.3) is 10.9 Å². The molecule has 4 rings (SSSR count). The number of fused-ring (bicyclic) bond motifs is 1. The van der Waals surface area contributed by atoms with E-state index in [1.165, 1.54) is 6.07 Å². The zero-order chi connectivity index (χ0) is 17.2. The number of benzene rings is 2. The molecule has 0 bridgehead atoms. The van der Waals surface area contributed by atoms with E-state index in [1.54, 1.807) is 11.0 Å². The molecule has 1 fully saturated rings. The largest absolute Gasteiger partial charge is 0.324 e. The van der Waals surface area contributed by atoms with Crippen LogP contribution in [0.4, 0.5) is 15.0 Å². The Morgan fingerprint density at radius 2 is 1.84 bits per heavy atom. The van der Waals surface area contributed by atoms with Crippen LogP contribution in [-0.2, 0) is 0 Å². The summed E-state index contributed by atoms with van der Waals surface area (Å²) in [5.41, 5.74) is 1.64. The van der Waals surface area contributed by atoms with Crippen molar-refractivity contribution in [1.82, 2.24) is 15.1 Å². The zero-order valence-corrected chi connectivity index (χ0v) is 13.7. The highest BCUT2D eigenvalue weighted by atomic mass is 19.1. The molecular formula is C19H19FN4O. The molecular weight excluding hydrogens is 319 g/mol. The van der Waals surface area contributed by atoms with E-state index in [-0.39, 0.29) is 17.8 Å². The summed E-state index contributed by atoms with van der Waals surface area (Å²) in [5, 5.41) is 10.8. The van der Waals surface area contributed by atoms with Gasteiger partial charge in [-0.15, -0.1) is 0 Å². The third kappa shape index (κ3) is 3.07. The number of aromatic nitrogens is 2. The number of hydrogen-bond donors (Lipinski definition) is 2. The van der Waals surface area contributed by atoms with Crippen LogP contribution in [0.15, 0.2) is 48.5 Å². The number of likely N-dealkylation sites (tertiary alicyclic amines) is 1. The first kappa shape index (κ1) is 15.6. The molecule has 0 radical (unpaired) electrons. The number of carbonyl (C=O) groups is 1. The average molecular weight is 338 g/mol. The van der Waals surface area contributed by atoms with Crippen molar-refractivity contribution in [2.75, 3.05) is 18.4 Å². The minimum atomic E-state index is -0.163. The van der Waals surface area contributed by atoms with Crippen molar-refractivity contribution in [2.45, 2.75) is 18.8 Å². The van der Waals surface area contributed by atoms with Gasteiger partial charge in [-0.1, -0.05) is 30.3 Å². The number of H-pyrrole nitrogens is 1. The number of urea groups is 1. The van der Waals surface area contributed by atoms with Gasteiger partial charge < -0.3 is 4.90 Å². The van der Waals surface area contributed by atoms with Crippen molar-refractivity contribution in [1.29, 1.82) is 0 Å². The number of hydrogen-bond acceptors (Lipinski definition) is 2. The van der Waals surface area contributed by atoms with E-state index >= 15 is 0 Å². The predicted molar refractivity (Wildman–Crippen MR) is 95.1 cm³/mol. The van der Waals surface area contributed by atoms with E-state index in [9.17, 15) is 9.18 Å². The third-order valence-electron chi connectivity index (χ3n) is 4.82. The first-order valence-electron chi connectivity index (χ1n) is 8.46. The van der Waals surface area contributed by atoms with Gasteiger partial charge in [0.1, 0.15) is 5.82 Å². The van der Waals surface area contributed by atoms with Crippen molar-refractivity contribution >= 4 is 22.8 Å². The Kier molecular flexibility index (Phi) is 4.09. The number of nitrogens with one attached hydrogen (secondary N) is 2. The van der Waals surface area contributed by atoms with Gasteiger partial charge in [-0.05, 0) is 42.5 Å². The molecule has 0 aliphatic carbocycles. The fourth-order valence-corrected chi connectivity index (χ4v) is 3.44. The monoisotopic (exact) mass is 338 g/mol. The van der Waals surface area contributed by atoms with Crippen LogP contribution in [0.3, 0.4) is 0 Å². The number of amides is 2. The Bertz CT molecular complexity index is 899. The Morgan fingerprint density at radius 3 is 2.64 bits per heavy atom. The van der Waals surface area contributed by atoms with E-state index < -0.39 is 0 Å². The van der Waals surface area contributed by atoms with Crippen molar-refractivity contribution in [3.63, 3.8) is 0 Å². The summed E-state index contributed by atoms with van der Waals surface area (Å²) >= 11 is 0. The van der Waals surface area contributed by atoms with Crippen LogP contribution in [0, 0.1) is 5.82 Å². The van der Waals surface area contributed by atoms with Crippen molar-refractivity contribution in [3.8, 4) is 0 Å². The number of para-hydroxylation sites is 1. The van der Waals surface area contributed by atoms with Crippen LogP contribution < -0.4 is 5.32 Å². The van der Waals surface area contributed by atoms with Gasteiger partial charge in [-0.2, -0.15) is 5.10 Å². The second-order valence-corrected chi connectivity index (χ2v) is 6.33. The first-order valence-corrected chi connectivity index (χ1v) is 8.46. The van der Waals surface area contributed by atoms with Crippen LogP contribution in [-0.4, -0.2) is 34.2 Å². The molecule has 6 heteroatoms. The van der Waals surface area contributed by atoms with Gasteiger partial charge in [0.15, 0.2) is 5.82 Å². The average Bonchev–Trinajstić information content (AvgIpc) is 3.05. The van der Waals surface area contributed by atoms with E-state index in [0.717, 1.165) is 29.3 Å². The van der Waals surface area contributed by atoms with E-state index in [1.807, 2.05) is 36.4 Å². The van der Waals surface area contributed by atoms with Gasteiger partial charge in [0, 0.05) is 18.5 Å². The standard InChI is InChI=1S/C19H19FN4O/c20-16-7-3-1-5-14(16)13-9-11-24(12-10-13)19(25)21-18-15-6-2-4-8-17(15)22-23-18/h1-8,13H,9-12H2,(H2,21,22,23,25). The lowest BCUT2D eigenvalue weighted by atomic mass is 9.89. The topological polar surface area (TPSA) is 61.0 Å². The molecule has 2 amide bonds. The van der Waals surface area contributed by atoms with Crippen LogP contribution in [0.5, 0.6) is 0 Å². The number of rotatable bonds is 2. The third-order valence-corrected chi connectivity index (χ3v) is 4.82. The molecule has 25 heavy (non-hydrogen) atoms. The predicted octanol–water partition coefficient (Wildman–Crippen LogP) is 4.11. The number of aromatic amines is 1. The maximum atomic E-state index is 13.9. The Morgan fingerprint density at radius 1 is 1.12 bits per heavy atom. The van der Waals surface area contributed by atoms with Gasteiger partial charge in [-0.25, -0.2) is 9.18 Å². The second-order valence-electron chi connectivity index (χ2n) is 6.33. The van der Waals surface area contributed by atoms with Crippen LogP contribution >= 0.6 is 0 Å². The molecule has 2 heterocycles. The summed E-state index contributed by atoms with van der Waals surface area (Å²) in [4.78, 5) is 14.3. The first-order chi connectivity index (χ1) is 12.2. The van der Waals surface area contributed by atoms with Crippen molar-refractivity contribution in [2.24, 2.45) is 0 Å². The summed E-state index contributed by atoms with van der Waals surface area (Å²) < 4.78 is 13.9. The van der Waals surface area contributed by atoms with E-state index in [0.29, 0.717) is 18.9 Å². The number of nitrogens with zero attached hydrogens (tertiary/aromatic N) is 2. The number of halogens is 1. The molecule has 0 unspecified atom stereocenters. The maximum Gasteiger partial charge on any atom is 0.323 e. The molecule has 0 spiro atoms. The SMILES string of the molecule is O=C(Nc1n[nH]c2ccccc12)N1CCC(c2ccccc2F)CC1. The maximum absolute atomic E-state index is 13.9. The molecule has 1 saturated heterocycles. The lowest BCUT2D eigenvalue weighted by Crippen LogP contribution is -2.40. The van der Waals surface area contributed by atoms with Crippen molar-refractivity contribution < 1.29 is 9.18 Å². The lowest BCUT2D eigenvalue weighted by Gasteiger charge is -2.32. The molecule has 2 aromatic carbocycles. The Balaban J connectivity index is 1.41. The minimum Gasteiger partial charge on any atom is -0.324 e.